The van der Waals surface area contributed by atoms with Crippen LogP contribution in [-0.4, -0.2) is 32.0 Å². The van der Waals surface area contributed by atoms with Gasteiger partial charge in [-0.1, -0.05) is 85.2 Å². The predicted octanol–water partition coefficient (Wildman–Crippen LogP) is 7.42. The Morgan fingerprint density at radius 1 is 1.15 bits per heavy atom. The van der Waals surface area contributed by atoms with Crippen LogP contribution in [0.5, 0.6) is 5.75 Å². The lowest BCUT2D eigenvalue weighted by atomic mass is 10.0. The fraction of sp³-hybridized carbons (Fsp3) is 0.172. The highest BCUT2D eigenvalue weighted by Gasteiger charge is 2.24. The lowest BCUT2D eigenvalue weighted by molar-refractivity contribution is 0.222. The standard InChI is InChI=1S/C29H28Cl2N4O5S/c1-5-18-9-10-20(15-25(18)32-35(4)29(36)34-41(37)38)19-11-13-21(14-12-19)39-16-22-27(33-40-28(22)17(2)3)26-23(30)7-6-8-24(26)31/h5-15,17,32H,1,16H2,2-4H3,(H,34,36)(H,37,38)/p-1. The maximum absolute atomic E-state index is 12.0. The van der Waals surface area contributed by atoms with Crippen LogP contribution in [0.3, 0.4) is 0 Å². The molecule has 0 saturated carbocycles. The Morgan fingerprint density at radius 3 is 2.41 bits per heavy atom. The Morgan fingerprint density at radius 2 is 1.80 bits per heavy atom. The molecule has 1 heterocycles. The normalized spacial score (nSPS) is 11.7. The van der Waals surface area contributed by atoms with Crippen molar-refractivity contribution >= 4 is 52.3 Å². The fourth-order valence-electron chi connectivity index (χ4n) is 4.12. The molecule has 0 spiro atoms. The second-order valence-electron chi connectivity index (χ2n) is 9.26. The van der Waals surface area contributed by atoms with Gasteiger partial charge in [-0.25, -0.2) is 9.80 Å². The summed E-state index contributed by atoms with van der Waals surface area (Å²) in [5, 5.41) is 6.23. The summed E-state index contributed by atoms with van der Waals surface area (Å²) in [6, 6.07) is 17.5. The minimum atomic E-state index is -2.73. The van der Waals surface area contributed by atoms with Gasteiger partial charge in [0.2, 0.25) is 0 Å². The van der Waals surface area contributed by atoms with Gasteiger partial charge in [-0.15, -0.1) is 0 Å². The molecule has 0 saturated heterocycles. The van der Waals surface area contributed by atoms with Crippen molar-refractivity contribution in [3.05, 3.63) is 94.2 Å². The summed E-state index contributed by atoms with van der Waals surface area (Å²) in [7, 11) is 1.40. The van der Waals surface area contributed by atoms with Crippen LogP contribution in [-0.2, 0) is 17.9 Å². The van der Waals surface area contributed by atoms with Gasteiger partial charge in [0, 0.05) is 29.8 Å². The number of hydrogen-bond acceptors (Lipinski definition) is 7. The van der Waals surface area contributed by atoms with E-state index in [0.29, 0.717) is 38.5 Å². The molecule has 1 atom stereocenters. The fourth-order valence-corrected chi connectivity index (χ4v) is 4.97. The summed E-state index contributed by atoms with van der Waals surface area (Å²) in [4.78, 5) is 12.0. The van der Waals surface area contributed by atoms with Crippen molar-refractivity contribution < 1.29 is 22.8 Å². The van der Waals surface area contributed by atoms with Gasteiger partial charge in [-0.3, -0.25) is 14.4 Å². The zero-order valence-electron chi connectivity index (χ0n) is 22.4. The molecule has 41 heavy (non-hydrogen) atoms. The molecule has 4 rings (SSSR count). The number of benzene rings is 3. The number of anilines is 1. The van der Waals surface area contributed by atoms with Crippen molar-refractivity contribution in [1.82, 2.24) is 14.9 Å². The number of rotatable bonds is 10. The molecule has 12 heteroatoms. The molecular formula is C29H27Cl2N4O5S-. The molecule has 9 nitrogen and oxygen atoms in total. The van der Waals surface area contributed by atoms with E-state index in [-0.39, 0.29) is 12.5 Å². The molecule has 2 amide bonds. The van der Waals surface area contributed by atoms with Crippen LogP contribution >= 0.6 is 23.2 Å². The number of urea groups is 1. The minimum Gasteiger partial charge on any atom is -0.755 e. The molecule has 214 valence electrons. The average molecular weight is 615 g/mol. The lowest BCUT2D eigenvalue weighted by Gasteiger charge is -2.22. The van der Waals surface area contributed by atoms with Gasteiger partial charge >= 0.3 is 6.03 Å². The lowest BCUT2D eigenvalue weighted by Crippen LogP contribution is -2.41. The summed E-state index contributed by atoms with van der Waals surface area (Å²) < 4.78 is 35.2. The van der Waals surface area contributed by atoms with E-state index in [4.69, 9.17) is 32.5 Å². The Balaban J connectivity index is 1.54. The molecule has 2 N–H and O–H groups in total. The van der Waals surface area contributed by atoms with Crippen LogP contribution in [0.15, 0.2) is 71.8 Å². The number of hydrazine groups is 1. The number of nitrogens with one attached hydrogen (secondary N) is 2. The van der Waals surface area contributed by atoms with E-state index in [2.05, 4.69) is 17.2 Å². The third-order valence-electron chi connectivity index (χ3n) is 6.15. The molecule has 0 bridgehead atoms. The highest BCUT2D eigenvalue weighted by molar-refractivity contribution is 7.77. The zero-order chi connectivity index (χ0) is 29.7. The average Bonchev–Trinajstić information content (AvgIpc) is 3.35. The number of halogens is 2. The quantitative estimate of drug-likeness (QED) is 0.141. The first-order valence-electron chi connectivity index (χ1n) is 12.4. The second kappa shape index (κ2) is 13.2. The van der Waals surface area contributed by atoms with Crippen molar-refractivity contribution in [2.75, 3.05) is 12.5 Å². The summed E-state index contributed by atoms with van der Waals surface area (Å²) in [6.07, 6.45) is 1.63. The largest absolute Gasteiger partial charge is 0.755 e. The van der Waals surface area contributed by atoms with E-state index in [1.165, 1.54) is 7.05 Å². The van der Waals surface area contributed by atoms with Gasteiger partial charge in [0.05, 0.1) is 21.3 Å². The van der Waals surface area contributed by atoms with E-state index in [9.17, 15) is 13.6 Å². The van der Waals surface area contributed by atoms with Gasteiger partial charge < -0.3 is 13.8 Å². The molecule has 0 aliphatic carbocycles. The Hall–Kier alpha value is -3.83. The zero-order valence-corrected chi connectivity index (χ0v) is 24.8. The predicted molar refractivity (Wildman–Crippen MR) is 161 cm³/mol. The van der Waals surface area contributed by atoms with Crippen LogP contribution in [0.1, 0.15) is 36.7 Å². The van der Waals surface area contributed by atoms with E-state index in [1.54, 1.807) is 29.0 Å². The second-order valence-corrected chi connectivity index (χ2v) is 10.7. The van der Waals surface area contributed by atoms with Gasteiger partial charge in [0.25, 0.3) is 0 Å². The third kappa shape index (κ3) is 7.09. The van der Waals surface area contributed by atoms with Crippen molar-refractivity contribution in [1.29, 1.82) is 0 Å². The van der Waals surface area contributed by atoms with Gasteiger partial charge in [-0.05, 0) is 47.0 Å². The first-order valence-corrected chi connectivity index (χ1v) is 14.2. The van der Waals surface area contributed by atoms with Crippen molar-refractivity contribution in [2.24, 2.45) is 0 Å². The molecule has 0 aliphatic heterocycles. The SMILES string of the molecule is C=Cc1ccc(-c2ccc(OCc3c(-c4c(Cl)cccc4Cl)noc3C(C)C)cc2)cc1NN(C)C(=O)NS(=O)[O-]. The molecule has 3 aromatic carbocycles. The van der Waals surface area contributed by atoms with Crippen molar-refractivity contribution in [3.8, 4) is 28.1 Å². The number of carbonyl (C=O) groups is 1. The highest BCUT2D eigenvalue weighted by atomic mass is 35.5. The molecule has 0 fully saturated rings. The molecular weight excluding hydrogens is 587 g/mol. The Bertz CT molecular complexity index is 1570. The van der Waals surface area contributed by atoms with Crippen LogP contribution in [0.25, 0.3) is 28.5 Å². The molecule has 1 unspecified atom stereocenters. The first-order chi connectivity index (χ1) is 19.6. The number of aromatic nitrogens is 1. The summed E-state index contributed by atoms with van der Waals surface area (Å²) in [6.45, 7) is 8.00. The summed E-state index contributed by atoms with van der Waals surface area (Å²) in [5.74, 6) is 1.38. The van der Waals surface area contributed by atoms with E-state index < -0.39 is 17.3 Å². The number of nitrogens with zero attached hydrogens (tertiary/aromatic N) is 2. The monoisotopic (exact) mass is 613 g/mol. The first kappa shape index (κ1) is 30.1. The molecule has 0 aliphatic rings. The minimum absolute atomic E-state index is 0.0624. The third-order valence-corrected chi connectivity index (χ3v) is 7.12. The van der Waals surface area contributed by atoms with Crippen LogP contribution in [0.4, 0.5) is 10.5 Å². The van der Waals surface area contributed by atoms with Crippen LogP contribution in [0, 0.1) is 0 Å². The number of amides is 2. The van der Waals surface area contributed by atoms with Crippen molar-refractivity contribution in [2.45, 2.75) is 26.4 Å². The maximum Gasteiger partial charge on any atom is 0.346 e. The molecule has 4 aromatic rings. The maximum atomic E-state index is 12.0. The van der Waals surface area contributed by atoms with Crippen molar-refractivity contribution in [3.63, 3.8) is 0 Å². The summed E-state index contributed by atoms with van der Waals surface area (Å²) >= 11 is 10.2. The molecule has 0 radical (unpaired) electrons. The van der Waals surface area contributed by atoms with Crippen LogP contribution < -0.4 is 14.9 Å². The molecule has 1 aromatic heterocycles. The number of ether oxygens (including phenoxy) is 1. The Kier molecular flexibility index (Phi) is 9.72. The van der Waals surface area contributed by atoms with E-state index in [0.717, 1.165) is 27.3 Å². The van der Waals surface area contributed by atoms with Gasteiger partial charge in [-0.2, -0.15) is 0 Å². The van der Waals surface area contributed by atoms with Gasteiger partial charge in [0.15, 0.2) is 0 Å². The number of hydrogen-bond donors (Lipinski definition) is 2. The number of carbonyl (C=O) groups excluding carboxylic acids is 1. The van der Waals surface area contributed by atoms with Gasteiger partial charge in [0.1, 0.15) is 23.8 Å². The van der Waals surface area contributed by atoms with E-state index in [1.807, 2.05) is 56.3 Å². The smallest absolute Gasteiger partial charge is 0.346 e. The van der Waals surface area contributed by atoms with Crippen LogP contribution in [0.2, 0.25) is 10.0 Å². The Labute approximate surface area is 250 Å². The van der Waals surface area contributed by atoms with E-state index >= 15 is 0 Å². The topological polar surface area (TPSA) is 120 Å². The highest BCUT2D eigenvalue weighted by Crippen LogP contribution is 2.39. The summed E-state index contributed by atoms with van der Waals surface area (Å²) in [5.41, 5.74) is 7.81.